The number of carbonyl (C=O) groups excluding carboxylic acids is 1. The largest absolute Gasteiger partial charge is 0.394 e. The quantitative estimate of drug-likeness (QED) is 0.888. The number of hydrogen-bond donors (Lipinski definition) is 2. The minimum Gasteiger partial charge on any atom is -0.394 e. The topological polar surface area (TPSA) is 49.3 Å². The Morgan fingerprint density at radius 3 is 2.62 bits per heavy atom. The maximum Gasteiger partial charge on any atom is 0.224 e. The first-order valence-electron chi connectivity index (χ1n) is 5.10. The van der Waals surface area contributed by atoms with Crippen molar-refractivity contribution in [2.24, 2.45) is 0 Å². The summed E-state index contributed by atoms with van der Waals surface area (Å²) in [6, 6.07) is 7.60. The molecule has 88 valence electrons. The number of aliphatic hydroxyl groups is 1. The predicted molar refractivity (Wildman–Crippen MR) is 67.2 cm³/mol. The summed E-state index contributed by atoms with van der Waals surface area (Å²) in [5.41, 5.74) is 0.368. The highest BCUT2D eigenvalue weighted by Gasteiger charge is 2.19. The average molecular weight is 286 g/mol. The number of carbonyl (C=O) groups is 1. The highest BCUT2D eigenvalue weighted by atomic mass is 79.9. The van der Waals surface area contributed by atoms with Gasteiger partial charge < -0.3 is 10.4 Å². The minimum absolute atomic E-state index is 0.0747. The van der Waals surface area contributed by atoms with Gasteiger partial charge >= 0.3 is 0 Å². The van der Waals surface area contributed by atoms with Gasteiger partial charge in [0.25, 0.3) is 0 Å². The van der Waals surface area contributed by atoms with E-state index in [0.717, 1.165) is 10.0 Å². The summed E-state index contributed by atoms with van der Waals surface area (Å²) in [4.78, 5) is 11.7. The maximum atomic E-state index is 11.7. The third kappa shape index (κ3) is 3.94. The molecule has 0 aliphatic carbocycles. The standard InChI is InChI=1S/C12H16BrNO2/c1-12(2,8-15)14-11(16)7-9-5-3-4-6-10(9)13/h3-6,15H,7-8H2,1-2H3,(H,14,16). The van der Waals surface area contributed by atoms with Crippen LogP contribution in [-0.4, -0.2) is 23.2 Å². The lowest BCUT2D eigenvalue weighted by atomic mass is 10.1. The van der Waals surface area contributed by atoms with E-state index in [9.17, 15) is 4.79 Å². The zero-order chi connectivity index (χ0) is 12.2. The Morgan fingerprint density at radius 1 is 1.44 bits per heavy atom. The fourth-order valence-electron chi connectivity index (χ4n) is 1.28. The maximum absolute atomic E-state index is 11.7. The molecule has 0 fully saturated rings. The molecular weight excluding hydrogens is 270 g/mol. The van der Waals surface area contributed by atoms with Gasteiger partial charge in [-0.3, -0.25) is 4.79 Å². The summed E-state index contributed by atoms with van der Waals surface area (Å²) >= 11 is 3.39. The van der Waals surface area contributed by atoms with E-state index in [1.807, 2.05) is 24.3 Å². The summed E-state index contributed by atoms with van der Waals surface area (Å²) in [5.74, 6) is -0.0917. The summed E-state index contributed by atoms with van der Waals surface area (Å²) in [6.45, 7) is 3.49. The third-order valence-electron chi connectivity index (χ3n) is 2.18. The van der Waals surface area contributed by atoms with Crippen LogP contribution in [0.15, 0.2) is 28.7 Å². The van der Waals surface area contributed by atoms with Crippen LogP contribution in [-0.2, 0) is 11.2 Å². The van der Waals surface area contributed by atoms with E-state index in [4.69, 9.17) is 5.11 Å². The highest BCUT2D eigenvalue weighted by Crippen LogP contribution is 2.16. The van der Waals surface area contributed by atoms with Crippen molar-refractivity contribution in [2.75, 3.05) is 6.61 Å². The second-order valence-electron chi connectivity index (χ2n) is 4.36. The van der Waals surface area contributed by atoms with E-state index in [1.54, 1.807) is 13.8 Å². The molecule has 1 aromatic rings. The Morgan fingerprint density at radius 2 is 2.06 bits per heavy atom. The summed E-state index contributed by atoms with van der Waals surface area (Å²) < 4.78 is 0.923. The summed E-state index contributed by atoms with van der Waals surface area (Å²) in [7, 11) is 0. The molecule has 1 amide bonds. The van der Waals surface area contributed by atoms with Crippen LogP contribution in [0.1, 0.15) is 19.4 Å². The number of nitrogens with one attached hydrogen (secondary N) is 1. The summed E-state index contributed by atoms with van der Waals surface area (Å²) in [6.07, 6.45) is 0.310. The molecule has 0 aliphatic heterocycles. The van der Waals surface area contributed by atoms with Gasteiger partial charge in [0.15, 0.2) is 0 Å². The highest BCUT2D eigenvalue weighted by molar-refractivity contribution is 9.10. The number of rotatable bonds is 4. The van der Waals surface area contributed by atoms with Crippen molar-refractivity contribution in [3.05, 3.63) is 34.3 Å². The van der Waals surface area contributed by atoms with Gasteiger partial charge in [0, 0.05) is 4.47 Å². The van der Waals surface area contributed by atoms with E-state index < -0.39 is 5.54 Å². The number of amides is 1. The molecule has 2 N–H and O–H groups in total. The first-order chi connectivity index (χ1) is 7.44. The smallest absolute Gasteiger partial charge is 0.224 e. The van der Waals surface area contributed by atoms with Gasteiger partial charge in [0.1, 0.15) is 0 Å². The zero-order valence-corrected chi connectivity index (χ0v) is 11.0. The van der Waals surface area contributed by atoms with Gasteiger partial charge in [0.2, 0.25) is 5.91 Å². The van der Waals surface area contributed by atoms with Crippen molar-refractivity contribution >= 4 is 21.8 Å². The van der Waals surface area contributed by atoms with E-state index in [2.05, 4.69) is 21.2 Å². The molecule has 0 unspecified atom stereocenters. The van der Waals surface area contributed by atoms with Gasteiger partial charge in [-0.15, -0.1) is 0 Å². The van der Waals surface area contributed by atoms with Crippen molar-refractivity contribution in [3.63, 3.8) is 0 Å². The van der Waals surface area contributed by atoms with Crippen LogP contribution in [0, 0.1) is 0 Å². The predicted octanol–water partition coefficient (Wildman–Crippen LogP) is 1.88. The van der Waals surface area contributed by atoms with Crippen LogP contribution in [0.25, 0.3) is 0 Å². The van der Waals surface area contributed by atoms with E-state index in [0.29, 0.717) is 6.42 Å². The molecule has 0 saturated carbocycles. The number of aliphatic hydroxyl groups excluding tert-OH is 1. The van der Waals surface area contributed by atoms with Crippen molar-refractivity contribution in [3.8, 4) is 0 Å². The van der Waals surface area contributed by atoms with E-state index in [1.165, 1.54) is 0 Å². The number of hydrogen-bond acceptors (Lipinski definition) is 2. The number of halogens is 1. The van der Waals surface area contributed by atoms with Crippen LogP contribution in [0.5, 0.6) is 0 Å². The van der Waals surface area contributed by atoms with Crippen LogP contribution >= 0.6 is 15.9 Å². The molecule has 16 heavy (non-hydrogen) atoms. The van der Waals surface area contributed by atoms with Crippen molar-refractivity contribution in [1.29, 1.82) is 0 Å². The lowest BCUT2D eigenvalue weighted by Gasteiger charge is -2.23. The molecule has 3 nitrogen and oxygen atoms in total. The molecule has 4 heteroatoms. The van der Waals surface area contributed by atoms with Crippen molar-refractivity contribution in [2.45, 2.75) is 25.8 Å². The van der Waals surface area contributed by atoms with Crippen LogP contribution in [0.2, 0.25) is 0 Å². The molecule has 0 aromatic heterocycles. The first-order valence-corrected chi connectivity index (χ1v) is 5.89. The molecule has 0 atom stereocenters. The van der Waals surface area contributed by atoms with Gasteiger partial charge in [-0.1, -0.05) is 34.1 Å². The minimum atomic E-state index is -0.571. The molecule has 0 heterocycles. The van der Waals surface area contributed by atoms with Crippen LogP contribution in [0.4, 0.5) is 0 Å². The second kappa shape index (κ2) is 5.46. The van der Waals surface area contributed by atoms with Crippen LogP contribution < -0.4 is 5.32 Å². The van der Waals surface area contributed by atoms with Gasteiger partial charge in [-0.2, -0.15) is 0 Å². The third-order valence-corrected chi connectivity index (χ3v) is 2.96. The van der Waals surface area contributed by atoms with Gasteiger partial charge in [0.05, 0.1) is 18.6 Å². The monoisotopic (exact) mass is 285 g/mol. The Hall–Kier alpha value is -0.870. The average Bonchev–Trinajstić information content (AvgIpc) is 2.21. The number of benzene rings is 1. The lowest BCUT2D eigenvalue weighted by molar-refractivity contribution is -0.122. The molecule has 0 radical (unpaired) electrons. The van der Waals surface area contributed by atoms with Gasteiger partial charge in [-0.25, -0.2) is 0 Å². The summed E-state index contributed by atoms with van der Waals surface area (Å²) in [5, 5.41) is 11.8. The molecule has 1 rings (SSSR count). The van der Waals surface area contributed by atoms with E-state index >= 15 is 0 Å². The van der Waals surface area contributed by atoms with Crippen molar-refractivity contribution in [1.82, 2.24) is 5.32 Å². The zero-order valence-electron chi connectivity index (χ0n) is 9.46. The molecule has 0 bridgehead atoms. The molecular formula is C12H16BrNO2. The Bertz CT molecular complexity index is 377. The van der Waals surface area contributed by atoms with Gasteiger partial charge in [-0.05, 0) is 25.5 Å². The Labute approximate surface area is 104 Å². The molecule has 1 aromatic carbocycles. The SMILES string of the molecule is CC(C)(CO)NC(=O)Cc1ccccc1Br. The molecule has 0 saturated heterocycles. The second-order valence-corrected chi connectivity index (χ2v) is 5.21. The fourth-order valence-corrected chi connectivity index (χ4v) is 1.70. The lowest BCUT2D eigenvalue weighted by Crippen LogP contribution is -2.46. The Kier molecular flexibility index (Phi) is 4.50. The molecule has 0 aliphatic rings. The van der Waals surface area contributed by atoms with Crippen molar-refractivity contribution < 1.29 is 9.90 Å². The fraction of sp³-hybridized carbons (Fsp3) is 0.417. The van der Waals surface area contributed by atoms with Crippen LogP contribution in [0.3, 0.4) is 0 Å². The first kappa shape index (κ1) is 13.2. The Balaban J connectivity index is 2.62. The normalized spacial score (nSPS) is 11.2. The molecule has 0 spiro atoms. The van der Waals surface area contributed by atoms with E-state index in [-0.39, 0.29) is 12.5 Å².